The second-order valence-corrected chi connectivity index (χ2v) is 6.25. The Balaban J connectivity index is 2.09. The van der Waals surface area contributed by atoms with Crippen LogP contribution in [0.3, 0.4) is 0 Å². The topological polar surface area (TPSA) is 49.4 Å². The molecule has 2 rings (SSSR count). The van der Waals surface area contributed by atoms with Gasteiger partial charge in [-0.25, -0.2) is 0 Å². The molecule has 0 spiro atoms. The number of hydrogen-bond donors (Lipinski definition) is 1. The third-order valence-corrected chi connectivity index (χ3v) is 4.32. The predicted molar refractivity (Wildman–Crippen MR) is 83.0 cm³/mol. The van der Waals surface area contributed by atoms with Crippen molar-refractivity contribution in [2.24, 2.45) is 0 Å². The molecule has 2 amide bonds. The van der Waals surface area contributed by atoms with Gasteiger partial charge in [-0.2, -0.15) is 13.2 Å². The highest BCUT2D eigenvalue weighted by Gasteiger charge is 2.37. The molecule has 1 heterocycles. The zero-order chi connectivity index (χ0) is 18.1. The summed E-state index contributed by atoms with van der Waals surface area (Å²) in [4.78, 5) is 25.7. The number of likely N-dealkylation sites (tertiary alicyclic amines) is 1. The monoisotopic (exact) mass is 342 g/mol. The molecule has 1 aromatic carbocycles. The molecule has 0 unspecified atom stereocenters. The maximum atomic E-state index is 12.9. The van der Waals surface area contributed by atoms with Crippen molar-refractivity contribution in [2.45, 2.75) is 58.4 Å². The molecule has 0 saturated carbocycles. The standard InChI is InChI=1S/C17H21F3N2O2/c1-10(2)22-14(7-8-15(22)23)16(24)21-9-12-5-4-6-13(11(12)3)17(18,19)20/h4-6,10,14H,7-9H2,1-3H3,(H,21,24)/t14-/m0/s1. The van der Waals surface area contributed by atoms with E-state index in [2.05, 4.69) is 5.32 Å². The van der Waals surface area contributed by atoms with Crippen molar-refractivity contribution >= 4 is 11.8 Å². The number of carbonyl (C=O) groups excluding carboxylic acids is 2. The molecule has 0 radical (unpaired) electrons. The van der Waals surface area contributed by atoms with Crippen molar-refractivity contribution in [3.05, 3.63) is 34.9 Å². The number of hydrogen-bond acceptors (Lipinski definition) is 2. The zero-order valence-electron chi connectivity index (χ0n) is 13.9. The van der Waals surface area contributed by atoms with Gasteiger partial charge in [-0.05, 0) is 44.4 Å². The van der Waals surface area contributed by atoms with Crippen molar-refractivity contribution in [3.8, 4) is 0 Å². The fourth-order valence-corrected chi connectivity index (χ4v) is 3.09. The SMILES string of the molecule is Cc1c(CNC(=O)[C@@H]2CCC(=O)N2C(C)C)cccc1C(F)(F)F. The lowest BCUT2D eigenvalue weighted by Gasteiger charge is -2.27. The molecular formula is C17H21F3N2O2. The van der Waals surface area contributed by atoms with Gasteiger partial charge in [0.1, 0.15) is 6.04 Å². The average Bonchev–Trinajstić information content (AvgIpc) is 2.86. The van der Waals surface area contributed by atoms with Crippen LogP contribution in [-0.2, 0) is 22.3 Å². The van der Waals surface area contributed by atoms with Crippen LogP contribution < -0.4 is 5.32 Å². The van der Waals surface area contributed by atoms with E-state index in [1.54, 1.807) is 6.07 Å². The van der Waals surface area contributed by atoms with Crippen LogP contribution >= 0.6 is 0 Å². The van der Waals surface area contributed by atoms with Crippen LogP contribution in [0.5, 0.6) is 0 Å². The van der Waals surface area contributed by atoms with Crippen LogP contribution in [0.25, 0.3) is 0 Å². The second kappa shape index (κ2) is 6.83. The smallest absolute Gasteiger partial charge is 0.350 e. The van der Waals surface area contributed by atoms with Crippen LogP contribution in [0.15, 0.2) is 18.2 Å². The first-order chi connectivity index (χ1) is 11.1. The Morgan fingerprint density at radius 2 is 2.04 bits per heavy atom. The molecule has 7 heteroatoms. The fraction of sp³-hybridized carbons (Fsp3) is 0.529. The van der Waals surface area contributed by atoms with Gasteiger partial charge in [-0.3, -0.25) is 9.59 Å². The van der Waals surface area contributed by atoms with Crippen LogP contribution in [0.2, 0.25) is 0 Å². The second-order valence-electron chi connectivity index (χ2n) is 6.25. The lowest BCUT2D eigenvalue weighted by molar-refractivity contribution is -0.138. The molecule has 0 aromatic heterocycles. The number of nitrogens with zero attached hydrogens (tertiary/aromatic N) is 1. The highest BCUT2D eigenvalue weighted by molar-refractivity contribution is 5.91. The first kappa shape index (κ1) is 18.3. The van der Waals surface area contributed by atoms with Crippen LogP contribution in [0, 0.1) is 6.92 Å². The van der Waals surface area contributed by atoms with Crippen LogP contribution in [0.4, 0.5) is 13.2 Å². The van der Waals surface area contributed by atoms with Gasteiger partial charge in [0.15, 0.2) is 0 Å². The lowest BCUT2D eigenvalue weighted by Crippen LogP contribution is -2.47. The number of carbonyl (C=O) groups is 2. The number of rotatable bonds is 4. The van der Waals surface area contributed by atoms with Crippen molar-refractivity contribution in [1.82, 2.24) is 10.2 Å². The third-order valence-electron chi connectivity index (χ3n) is 4.32. The van der Waals surface area contributed by atoms with E-state index in [4.69, 9.17) is 0 Å². The molecular weight excluding hydrogens is 321 g/mol. The minimum absolute atomic E-state index is 0.00517. The van der Waals surface area contributed by atoms with Gasteiger partial charge in [0.25, 0.3) is 0 Å². The number of amides is 2. The third kappa shape index (κ3) is 3.71. The molecule has 1 saturated heterocycles. The fourth-order valence-electron chi connectivity index (χ4n) is 3.09. The molecule has 0 aliphatic carbocycles. The molecule has 1 N–H and O–H groups in total. The summed E-state index contributed by atoms with van der Waals surface area (Å²) in [6.45, 7) is 5.07. The summed E-state index contributed by atoms with van der Waals surface area (Å²) in [6.07, 6.45) is -3.67. The molecule has 1 fully saturated rings. The molecule has 24 heavy (non-hydrogen) atoms. The minimum atomic E-state index is -4.42. The molecule has 1 aliphatic heterocycles. The van der Waals surface area contributed by atoms with Crippen molar-refractivity contribution in [1.29, 1.82) is 0 Å². The van der Waals surface area contributed by atoms with E-state index >= 15 is 0 Å². The van der Waals surface area contributed by atoms with Crippen molar-refractivity contribution in [3.63, 3.8) is 0 Å². The molecule has 0 bridgehead atoms. The Morgan fingerprint density at radius 3 is 2.62 bits per heavy atom. The summed E-state index contributed by atoms with van der Waals surface area (Å²) in [6, 6.07) is 3.27. The first-order valence-corrected chi connectivity index (χ1v) is 7.87. The van der Waals surface area contributed by atoms with Crippen LogP contribution in [0.1, 0.15) is 43.4 Å². The van der Waals surface area contributed by atoms with Gasteiger partial charge in [0, 0.05) is 19.0 Å². The molecule has 1 aromatic rings. The largest absolute Gasteiger partial charge is 0.416 e. The number of benzene rings is 1. The average molecular weight is 342 g/mol. The Hall–Kier alpha value is -2.05. The van der Waals surface area contributed by atoms with Gasteiger partial charge in [-0.15, -0.1) is 0 Å². The van der Waals surface area contributed by atoms with Gasteiger partial charge in [0.2, 0.25) is 11.8 Å². The highest BCUT2D eigenvalue weighted by atomic mass is 19.4. The van der Waals surface area contributed by atoms with E-state index in [1.165, 1.54) is 17.9 Å². The van der Waals surface area contributed by atoms with E-state index in [-0.39, 0.29) is 30.0 Å². The maximum Gasteiger partial charge on any atom is 0.416 e. The van der Waals surface area contributed by atoms with E-state index in [0.29, 0.717) is 18.4 Å². The summed E-state index contributed by atoms with van der Waals surface area (Å²) in [7, 11) is 0. The van der Waals surface area contributed by atoms with E-state index < -0.39 is 17.8 Å². The normalized spacial score (nSPS) is 18.4. The van der Waals surface area contributed by atoms with E-state index in [0.717, 1.165) is 6.07 Å². The Bertz CT molecular complexity index is 641. The lowest BCUT2D eigenvalue weighted by atomic mass is 10.0. The van der Waals surface area contributed by atoms with E-state index in [9.17, 15) is 22.8 Å². The molecule has 1 atom stereocenters. The van der Waals surface area contributed by atoms with Gasteiger partial charge >= 0.3 is 6.18 Å². The van der Waals surface area contributed by atoms with Crippen molar-refractivity contribution < 1.29 is 22.8 Å². The zero-order valence-corrected chi connectivity index (χ0v) is 13.9. The Labute approximate surface area is 139 Å². The Morgan fingerprint density at radius 1 is 1.38 bits per heavy atom. The summed E-state index contributed by atoms with van der Waals surface area (Å²) in [5.74, 6) is -0.397. The molecule has 4 nitrogen and oxygen atoms in total. The van der Waals surface area contributed by atoms with Crippen molar-refractivity contribution in [2.75, 3.05) is 0 Å². The number of alkyl halides is 3. The van der Waals surface area contributed by atoms with Gasteiger partial charge < -0.3 is 10.2 Å². The minimum Gasteiger partial charge on any atom is -0.350 e. The number of nitrogens with one attached hydrogen (secondary N) is 1. The summed E-state index contributed by atoms with van der Waals surface area (Å²) in [5, 5.41) is 2.67. The number of halogens is 3. The Kier molecular flexibility index (Phi) is 5.20. The molecule has 132 valence electrons. The predicted octanol–water partition coefficient (Wildman–Crippen LogP) is 3.03. The van der Waals surface area contributed by atoms with Crippen LogP contribution in [-0.4, -0.2) is 28.8 Å². The van der Waals surface area contributed by atoms with E-state index in [1.807, 2.05) is 13.8 Å². The first-order valence-electron chi connectivity index (χ1n) is 7.87. The summed E-state index contributed by atoms with van der Waals surface area (Å²) >= 11 is 0. The summed E-state index contributed by atoms with van der Waals surface area (Å²) < 4.78 is 38.8. The maximum absolute atomic E-state index is 12.9. The highest BCUT2D eigenvalue weighted by Crippen LogP contribution is 2.33. The summed E-state index contributed by atoms with van der Waals surface area (Å²) in [5.41, 5.74) is -0.179. The van der Waals surface area contributed by atoms with Gasteiger partial charge in [-0.1, -0.05) is 12.1 Å². The van der Waals surface area contributed by atoms with Gasteiger partial charge in [0.05, 0.1) is 5.56 Å². The quantitative estimate of drug-likeness (QED) is 0.914. The molecule has 1 aliphatic rings.